The molecular weight excluding hydrogens is 812 g/mol. The van der Waals surface area contributed by atoms with Crippen molar-refractivity contribution in [3.63, 3.8) is 0 Å². The van der Waals surface area contributed by atoms with Crippen LogP contribution in [-0.2, 0) is 46.7 Å². The summed E-state index contributed by atoms with van der Waals surface area (Å²) in [6.07, 6.45) is 3.70. The van der Waals surface area contributed by atoms with Crippen LogP contribution in [0.25, 0.3) is 0 Å². The molecule has 0 aliphatic carbocycles. The Morgan fingerprint density at radius 3 is 1.55 bits per heavy atom. The van der Waals surface area contributed by atoms with Crippen molar-refractivity contribution in [3.8, 4) is 34.4 Å². The molecule has 0 aromatic rings. The monoisotopic (exact) mass is 858 g/mol. The van der Waals surface area contributed by atoms with Crippen molar-refractivity contribution < 1.29 is 46.7 Å². The fraction of sp³-hybridized carbons (Fsp3) is 0.739. The molecule has 7 unspecified atom stereocenters. The number of hydrogen-bond acceptors (Lipinski definition) is 12. The number of hydrogen-bond donors (Lipinski definition) is 0. The molecule has 4 rings (SSSR count). The van der Waals surface area contributed by atoms with E-state index in [-0.39, 0.29) is 0 Å². The number of unbranched alkanes of at least 4 members (excludes halogenated alkanes) is 2. The molecule has 6 bridgehead atoms. The molecule has 4 aliphatic heterocycles. The third kappa shape index (κ3) is 8.47. The zero-order valence-electron chi connectivity index (χ0n) is 27.7. The summed E-state index contributed by atoms with van der Waals surface area (Å²) in [5.41, 5.74) is 9.49. The molecule has 7 atom stereocenters. The average Bonchev–Trinajstić information content (AvgIpc) is 2.81. The first-order valence-corrected chi connectivity index (χ1v) is 38.4. The van der Waals surface area contributed by atoms with E-state index in [1.54, 1.807) is 40.4 Å². The Bertz CT molecular complexity index is 1280. The van der Waals surface area contributed by atoms with Crippen molar-refractivity contribution in [1.82, 2.24) is 0 Å². The van der Waals surface area contributed by atoms with Gasteiger partial charge >= 0.3 is 279 Å². The van der Waals surface area contributed by atoms with Crippen molar-refractivity contribution in [2.24, 2.45) is 0 Å². The van der Waals surface area contributed by atoms with Gasteiger partial charge in [0.2, 0.25) is 0 Å². The molecule has 4 heterocycles. The van der Waals surface area contributed by atoms with E-state index in [1.165, 1.54) is 0 Å². The van der Waals surface area contributed by atoms with Crippen LogP contribution in [0.3, 0.4) is 0 Å². The van der Waals surface area contributed by atoms with Crippen LogP contribution in [0.1, 0.15) is 60.3 Å². The summed E-state index contributed by atoms with van der Waals surface area (Å²) in [5, 5.41) is 0. The Balaban J connectivity index is 2.09. The first-order chi connectivity index (χ1) is 20.5. The molecule has 0 saturated carbocycles. The normalized spacial score (nSPS) is 42.5. The van der Waals surface area contributed by atoms with E-state index in [1.807, 2.05) is 19.6 Å². The number of rotatable bonds is 8. The molecule has 0 aromatic carbocycles. The van der Waals surface area contributed by atoms with Gasteiger partial charge in [0, 0.05) is 0 Å². The van der Waals surface area contributed by atoms with Gasteiger partial charge in [-0.3, -0.25) is 0 Å². The van der Waals surface area contributed by atoms with Crippen molar-refractivity contribution in [1.29, 1.82) is 0 Å². The van der Waals surface area contributed by atoms with Gasteiger partial charge in [-0.05, 0) is 0 Å². The van der Waals surface area contributed by atoms with Crippen LogP contribution in [0.15, 0.2) is 0 Å². The summed E-state index contributed by atoms with van der Waals surface area (Å²) in [5.74, 6) is 8.93. The second-order valence-corrected chi connectivity index (χ2v) is 45.0. The molecule has 4 fully saturated rings. The Morgan fingerprint density at radius 2 is 1.05 bits per heavy atom. The van der Waals surface area contributed by atoms with Crippen LogP contribution in [0.2, 0.25) is 48.2 Å². The predicted octanol–water partition coefficient (Wildman–Crippen LogP) is 4.04. The van der Waals surface area contributed by atoms with Crippen LogP contribution < -0.4 is 0 Å². The average molecular weight is 858 g/mol. The molecule has 4 aliphatic rings. The van der Waals surface area contributed by atoms with Gasteiger partial charge in [-0.2, -0.15) is 0 Å². The summed E-state index contributed by atoms with van der Waals surface area (Å²) >= 11 is -4.25. The molecule has 21 heteroatoms. The quantitative estimate of drug-likeness (QED) is 0.260. The number of fused-ring (bicyclic) bond motifs is 4. The summed E-state index contributed by atoms with van der Waals surface area (Å²) in [6.45, 7) is 20.5. The molecule has 12 nitrogen and oxygen atoms in total. The zero-order chi connectivity index (χ0) is 32.5. The Kier molecular flexibility index (Phi) is 11.9. The molecule has 0 aromatic heterocycles. The predicted molar refractivity (Wildman–Crippen MR) is 181 cm³/mol. The summed E-state index contributed by atoms with van der Waals surface area (Å²) < 4.78 is 84.8. The third-order valence-corrected chi connectivity index (χ3v) is 55.0. The van der Waals surface area contributed by atoms with Gasteiger partial charge in [-0.15, -0.1) is 0 Å². The zero-order valence-corrected chi connectivity index (χ0v) is 38.7. The second kappa shape index (κ2) is 13.9. The molecular formula is C23H46O12Si8Sn. The van der Waals surface area contributed by atoms with Crippen molar-refractivity contribution in [2.45, 2.75) is 108 Å². The van der Waals surface area contributed by atoms with Crippen molar-refractivity contribution in [3.05, 3.63) is 0 Å². The van der Waals surface area contributed by atoms with Crippen molar-refractivity contribution in [2.75, 3.05) is 0 Å². The summed E-state index contributed by atoms with van der Waals surface area (Å²) in [6, 6.07) is 0. The maximum absolute atomic E-state index is 7.32. The molecule has 0 amide bonds. The maximum atomic E-state index is 7.32. The SMILES string of the molecule is CC#C[Si]1(O[SiH](C)C)O[Si]2(C)O[Si]3(C)O[Si]4(C)O[Si](C)(O2)[O][Sn]([CH2]CCC)([CH2]CCC)[O][Si](C#CC)(O4)O[Si](C#CC)(O3)O1. The van der Waals surface area contributed by atoms with Gasteiger partial charge in [-0.1, -0.05) is 0 Å². The Labute approximate surface area is 277 Å². The fourth-order valence-corrected chi connectivity index (χ4v) is 67.1. The fourth-order valence-electron chi connectivity index (χ4n) is 5.71. The van der Waals surface area contributed by atoms with Gasteiger partial charge in [0.05, 0.1) is 0 Å². The van der Waals surface area contributed by atoms with Gasteiger partial charge in [0.25, 0.3) is 0 Å². The van der Waals surface area contributed by atoms with Crippen LogP contribution in [0, 0.1) is 34.4 Å². The molecule has 0 N–H and O–H groups in total. The second-order valence-electron chi connectivity index (χ2n) is 11.7. The third-order valence-electron chi connectivity index (χ3n) is 6.72. The van der Waals surface area contributed by atoms with E-state index in [0.717, 1.165) is 34.6 Å². The summed E-state index contributed by atoms with van der Waals surface area (Å²) in [4.78, 5) is 0. The first-order valence-electron chi connectivity index (χ1n) is 15.2. The van der Waals surface area contributed by atoms with E-state index in [2.05, 4.69) is 48.2 Å². The Morgan fingerprint density at radius 1 is 0.568 bits per heavy atom. The van der Waals surface area contributed by atoms with Gasteiger partial charge in [0.1, 0.15) is 0 Å². The molecule has 44 heavy (non-hydrogen) atoms. The van der Waals surface area contributed by atoms with Gasteiger partial charge < -0.3 is 0 Å². The van der Waals surface area contributed by atoms with Crippen LogP contribution in [-0.4, -0.2) is 89.9 Å². The van der Waals surface area contributed by atoms with Crippen molar-refractivity contribution >= 4 is 89.9 Å². The molecule has 4 saturated heterocycles. The van der Waals surface area contributed by atoms with E-state index >= 15 is 0 Å². The summed E-state index contributed by atoms with van der Waals surface area (Å²) in [7, 11) is -29.2. The van der Waals surface area contributed by atoms with E-state index in [9.17, 15) is 0 Å². The molecule has 0 spiro atoms. The standard InChI is InChI=1S/C15H28O12Si8.2C4H9.Sn/c1-10-13-33(17)23-30(7)19-29(6,16)20-31(8)22-32(9,21-30)25-35(26-33,15-12-3)27-34(24-31,14-11-2)18-28(4)5;2*1-3-4-2;/h28H,1-9H3;2*1,3-4H2,2H3;/q-2;;;+2. The van der Waals surface area contributed by atoms with E-state index in [4.69, 9.17) is 46.7 Å². The minimum absolute atomic E-state index is 0.733. The minimum atomic E-state index is -4.25. The topological polar surface area (TPSA) is 111 Å². The first kappa shape index (κ1) is 37.6. The van der Waals surface area contributed by atoms with Crippen LogP contribution in [0.4, 0.5) is 0 Å². The van der Waals surface area contributed by atoms with E-state index < -0.39 is 89.9 Å². The van der Waals surface area contributed by atoms with E-state index in [0.29, 0.717) is 0 Å². The van der Waals surface area contributed by atoms with Gasteiger partial charge in [-0.25, -0.2) is 0 Å². The Hall–Kier alpha value is 0.734. The van der Waals surface area contributed by atoms with Gasteiger partial charge in [0.15, 0.2) is 0 Å². The molecule has 246 valence electrons. The van der Waals surface area contributed by atoms with Crippen LogP contribution in [0.5, 0.6) is 0 Å². The molecule has 0 radical (unpaired) electrons. The van der Waals surface area contributed by atoms with Crippen LogP contribution >= 0.6 is 0 Å².